The molecular weight excluding hydrogens is 316 g/mol. The number of carboxylic acid groups (broad SMARTS) is 1. The molecule has 0 aliphatic heterocycles. The first-order valence-electron chi connectivity index (χ1n) is 5.77. The van der Waals surface area contributed by atoms with Crippen LogP contribution in [-0.4, -0.2) is 30.0 Å². The van der Waals surface area contributed by atoms with E-state index in [1.165, 1.54) is 36.6 Å². The second kappa shape index (κ2) is 5.82. The first-order chi connectivity index (χ1) is 9.79. The molecule has 0 bridgehead atoms. The van der Waals surface area contributed by atoms with Gasteiger partial charge in [-0.3, -0.25) is 4.21 Å². The molecule has 1 N–H and O–H groups in total. The molecule has 0 saturated heterocycles. The minimum Gasteiger partial charge on any atom is -0.475 e. The molecule has 1 aromatic heterocycles. The topological polar surface area (TPSA) is 102 Å². The second-order valence-electron chi connectivity index (χ2n) is 4.31. The third kappa shape index (κ3) is 3.59. The fraction of sp³-hybridized carbons (Fsp3) is 0.154. The normalized spacial score (nSPS) is 13.0. The maximum atomic E-state index is 12.2. The number of carbonyl (C=O) groups is 1. The van der Waals surface area contributed by atoms with Gasteiger partial charge in [0, 0.05) is 16.7 Å². The SMILES string of the molecule is CS(=O)(=O)c1ccc(S(=O)Cc2ccoc2C(=O)O)cc1. The fourth-order valence-electron chi connectivity index (χ4n) is 1.70. The van der Waals surface area contributed by atoms with E-state index in [9.17, 15) is 17.4 Å². The van der Waals surface area contributed by atoms with Crippen molar-refractivity contribution < 1.29 is 26.9 Å². The van der Waals surface area contributed by atoms with E-state index in [2.05, 4.69) is 0 Å². The van der Waals surface area contributed by atoms with Crippen LogP contribution in [0.15, 0.2) is 50.8 Å². The molecule has 1 heterocycles. The van der Waals surface area contributed by atoms with Crippen LogP contribution in [0.2, 0.25) is 0 Å². The van der Waals surface area contributed by atoms with E-state index in [0.717, 1.165) is 6.26 Å². The smallest absolute Gasteiger partial charge is 0.372 e. The molecule has 1 aromatic carbocycles. The highest BCUT2D eigenvalue weighted by atomic mass is 32.2. The fourth-order valence-corrected chi connectivity index (χ4v) is 3.45. The van der Waals surface area contributed by atoms with E-state index >= 15 is 0 Å². The minimum atomic E-state index is -3.30. The van der Waals surface area contributed by atoms with Gasteiger partial charge in [0.25, 0.3) is 0 Å². The minimum absolute atomic E-state index is 0.0175. The van der Waals surface area contributed by atoms with Crippen molar-refractivity contribution in [2.24, 2.45) is 0 Å². The van der Waals surface area contributed by atoms with Gasteiger partial charge in [0.15, 0.2) is 9.84 Å². The van der Waals surface area contributed by atoms with Crippen LogP contribution in [0.25, 0.3) is 0 Å². The summed E-state index contributed by atoms with van der Waals surface area (Å²) in [5.74, 6) is -1.48. The van der Waals surface area contributed by atoms with Crippen molar-refractivity contribution in [1.82, 2.24) is 0 Å². The summed E-state index contributed by atoms with van der Waals surface area (Å²) in [7, 11) is -4.80. The van der Waals surface area contributed by atoms with Crippen molar-refractivity contribution in [2.45, 2.75) is 15.5 Å². The van der Waals surface area contributed by atoms with Crippen LogP contribution in [0, 0.1) is 0 Å². The van der Waals surface area contributed by atoms with E-state index < -0.39 is 26.6 Å². The zero-order chi connectivity index (χ0) is 15.6. The molecule has 0 fully saturated rings. The van der Waals surface area contributed by atoms with E-state index in [0.29, 0.717) is 10.5 Å². The molecule has 8 heteroatoms. The van der Waals surface area contributed by atoms with Gasteiger partial charge in [-0.05, 0) is 30.3 Å². The van der Waals surface area contributed by atoms with Crippen molar-refractivity contribution in [3.63, 3.8) is 0 Å². The van der Waals surface area contributed by atoms with Gasteiger partial charge in [-0.15, -0.1) is 0 Å². The van der Waals surface area contributed by atoms with Gasteiger partial charge in [-0.2, -0.15) is 0 Å². The van der Waals surface area contributed by atoms with E-state index in [4.69, 9.17) is 9.52 Å². The Morgan fingerprint density at radius 3 is 2.38 bits per heavy atom. The Bertz CT molecular complexity index is 786. The van der Waals surface area contributed by atoms with Crippen molar-refractivity contribution in [3.8, 4) is 0 Å². The molecule has 0 saturated carbocycles. The molecule has 21 heavy (non-hydrogen) atoms. The lowest BCUT2D eigenvalue weighted by atomic mass is 10.3. The summed E-state index contributed by atoms with van der Waals surface area (Å²) < 4.78 is 39.7. The van der Waals surface area contributed by atoms with Gasteiger partial charge in [0.05, 0.1) is 27.7 Å². The molecule has 112 valence electrons. The van der Waals surface area contributed by atoms with Crippen LogP contribution in [0.3, 0.4) is 0 Å². The summed E-state index contributed by atoms with van der Waals surface area (Å²) in [4.78, 5) is 11.4. The highest BCUT2D eigenvalue weighted by Gasteiger charge is 2.17. The molecule has 2 aromatic rings. The van der Waals surface area contributed by atoms with Crippen molar-refractivity contribution >= 4 is 26.6 Å². The van der Waals surface area contributed by atoms with Gasteiger partial charge in [0.1, 0.15) is 0 Å². The molecule has 0 aliphatic rings. The first-order valence-corrected chi connectivity index (χ1v) is 8.98. The molecule has 0 aliphatic carbocycles. The van der Waals surface area contributed by atoms with Crippen molar-refractivity contribution in [1.29, 1.82) is 0 Å². The van der Waals surface area contributed by atoms with Crippen LogP contribution in [0.5, 0.6) is 0 Å². The quantitative estimate of drug-likeness (QED) is 0.896. The van der Waals surface area contributed by atoms with Gasteiger partial charge in [-0.25, -0.2) is 13.2 Å². The van der Waals surface area contributed by atoms with Crippen LogP contribution in [-0.2, 0) is 26.4 Å². The number of hydrogen-bond donors (Lipinski definition) is 1. The molecular formula is C13H12O6S2. The highest BCUT2D eigenvalue weighted by molar-refractivity contribution is 7.90. The average Bonchev–Trinajstić information content (AvgIpc) is 2.86. The Hall–Kier alpha value is -1.93. The second-order valence-corrected chi connectivity index (χ2v) is 7.78. The molecule has 2 rings (SSSR count). The lowest BCUT2D eigenvalue weighted by Crippen LogP contribution is -2.03. The zero-order valence-corrected chi connectivity index (χ0v) is 12.6. The van der Waals surface area contributed by atoms with E-state index in [1.807, 2.05) is 0 Å². The largest absolute Gasteiger partial charge is 0.475 e. The summed E-state index contributed by atoms with van der Waals surface area (Å²) >= 11 is 0. The molecule has 0 radical (unpaired) electrons. The van der Waals surface area contributed by atoms with E-state index in [-0.39, 0.29) is 16.4 Å². The number of carboxylic acids is 1. The van der Waals surface area contributed by atoms with Crippen molar-refractivity contribution in [2.75, 3.05) is 6.26 Å². The zero-order valence-electron chi connectivity index (χ0n) is 11.0. The summed E-state index contributed by atoms with van der Waals surface area (Å²) in [6.45, 7) is 0. The summed E-state index contributed by atoms with van der Waals surface area (Å²) in [5, 5.41) is 8.90. The summed E-state index contributed by atoms with van der Waals surface area (Å²) in [5.41, 5.74) is 0.327. The van der Waals surface area contributed by atoms with Crippen LogP contribution in [0.1, 0.15) is 16.1 Å². The van der Waals surface area contributed by atoms with Crippen molar-refractivity contribution in [3.05, 3.63) is 47.9 Å². The number of benzene rings is 1. The van der Waals surface area contributed by atoms with Crippen LogP contribution < -0.4 is 0 Å². The number of hydrogen-bond acceptors (Lipinski definition) is 5. The van der Waals surface area contributed by atoms with E-state index in [1.54, 1.807) is 0 Å². The molecule has 0 amide bonds. The predicted octanol–water partition coefficient (Wildman–Crippen LogP) is 1.69. The van der Waals surface area contributed by atoms with Crippen LogP contribution >= 0.6 is 0 Å². The standard InChI is InChI=1S/C13H12O6S2/c1-21(17,18)11-4-2-10(3-5-11)20(16)8-9-6-7-19-12(9)13(14)15/h2-7H,8H2,1H3,(H,14,15). The van der Waals surface area contributed by atoms with Crippen LogP contribution in [0.4, 0.5) is 0 Å². The Morgan fingerprint density at radius 1 is 1.24 bits per heavy atom. The number of rotatable bonds is 5. The Morgan fingerprint density at radius 2 is 1.86 bits per heavy atom. The highest BCUT2D eigenvalue weighted by Crippen LogP contribution is 2.18. The average molecular weight is 328 g/mol. The maximum Gasteiger partial charge on any atom is 0.372 e. The lowest BCUT2D eigenvalue weighted by Gasteiger charge is -2.03. The third-order valence-corrected chi connectivity index (χ3v) is 5.24. The maximum absolute atomic E-state index is 12.2. The third-order valence-electron chi connectivity index (χ3n) is 2.74. The van der Waals surface area contributed by atoms with Gasteiger partial charge < -0.3 is 9.52 Å². The Balaban J connectivity index is 2.21. The lowest BCUT2D eigenvalue weighted by molar-refractivity contribution is 0.0661. The molecule has 1 unspecified atom stereocenters. The first kappa shape index (κ1) is 15.5. The summed E-state index contributed by atoms with van der Waals surface area (Å²) in [6.07, 6.45) is 2.31. The molecule has 0 spiro atoms. The number of sulfone groups is 1. The van der Waals surface area contributed by atoms with Gasteiger partial charge >= 0.3 is 5.97 Å². The van der Waals surface area contributed by atoms with Gasteiger partial charge in [0.2, 0.25) is 5.76 Å². The Labute approximate surface area is 123 Å². The van der Waals surface area contributed by atoms with Gasteiger partial charge in [-0.1, -0.05) is 0 Å². The molecule has 1 atom stereocenters. The predicted molar refractivity (Wildman–Crippen MR) is 75.3 cm³/mol. The monoisotopic (exact) mass is 328 g/mol. The number of aromatic carboxylic acids is 1. The number of furan rings is 1. The Kier molecular flexibility index (Phi) is 4.29. The summed E-state index contributed by atoms with van der Waals surface area (Å²) in [6, 6.07) is 7.10. The molecule has 6 nitrogen and oxygen atoms in total.